The maximum Gasteiger partial charge on any atom is 0.244 e. The first kappa shape index (κ1) is 22.5. The van der Waals surface area contributed by atoms with Crippen LogP contribution in [0.1, 0.15) is 12.5 Å². The van der Waals surface area contributed by atoms with Crippen molar-refractivity contribution in [3.05, 3.63) is 59.8 Å². The van der Waals surface area contributed by atoms with Crippen LogP contribution in [0, 0.1) is 17.5 Å². The van der Waals surface area contributed by atoms with Gasteiger partial charge in [-0.15, -0.1) is 0 Å². The standard InChI is InChI=1S/C21H22F3N7O2/c1-13-12-33-5-4-31(13)20(32)11-30-10-15(8-27-30)28-21-25-3-2-19(29-21)26-9-16-17(23)6-14(22)7-18(16)24/h2-3,6-8,10,13H,4-5,9,11-12H2,1H3,(H2,25,26,28,29). The van der Waals surface area contributed by atoms with E-state index in [1.54, 1.807) is 11.1 Å². The molecule has 174 valence electrons. The summed E-state index contributed by atoms with van der Waals surface area (Å²) in [5.41, 5.74) is 0.260. The van der Waals surface area contributed by atoms with Crippen molar-refractivity contribution in [2.24, 2.45) is 0 Å². The molecule has 1 unspecified atom stereocenters. The number of hydrogen-bond donors (Lipinski definition) is 2. The van der Waals surface area contributed by atoms with Gasteiger partial charge in [-0.1, -0.05) is 0 Å². The van der Waals surface area contributed by atoms with Gasteiger partial charge in [0.2, 0.25) is 11.9 Å². The number of carbonyl (C=O) groups is 1. The molecule has 1 aliphatic rings. The molecular formula is C21H22F3N7O2. The Morgan fingerprint density at radius 1 is 1.27 bits per heavy atom. The van der Waals surface area contributed by atoms with Gasteiger partial charge in [-0.2, -0.15) is 10.1 Å². The molecule has 3 heterocycles. The van der Waals surface area contributed by atoms with Crippen LogP contribution in [0.3, 0.4) is 0 Å². The average molecular weight is 461 g/mol. The van der Waals surface area contributed by atoms with Gasteiger partial charge in [0, 0.05) is 43.2 Å². The van der Waals surface area contributed by atoms with Gasteiger partial charge < -0.3 is 20.3 Å². The molecule has 1 fully saturated rings. The van der Waals surface area contributed by atoms with Crippen molar-refractivity contribution in [3.63, 3.8) is 0 Å². The summed E-state index contributed by atoms with van der Waals surface area (Å²) >= 11 is 0. The number of carbonyl (C=O) groups excluding carboxylic acids is 1. The quantitative estimate of drug-likeness (QED) is 0.558. The Kier molecular flexibility index (Phi) is 6.73. The molecule has 12 heteroatoms. The van der Waals surface area contributed by atoms with Crippen LogP contribution >= 0.6 is 0 Å². The predicted octanol–water partition coefficient (Wildman–Crippen LogP) is 2.69. The molecule has 33 heavy (non-hydrogen) atoms. The van der Waals surface area contributed by atoms with E-state index in [9.17, 15) is 18.0 Å². The molecule has 4 rings (SSSR count). The van der Waals surface area contributed by atoms with Crippen LogP contribution in [0.25, 0.3) is 0 Å². The highest BCUT2D eigenvalue weighted by Gasteiger charge is 2.24. The number of halogens is 3. The lowest BCUT2D eigenvalue weighted by molar-refractivity contribution is -0.139. The summed E-state index contributed by atoms with van der Waals surface area (Å²) in [6, 6.07) is 2.78. The maximum atomic E-state index is 13.8. The van der Waals surface area contributed by atoms with Gasteiger partial charge >= 0.3 is 0 Å². The van der Waals surface area contributed by atoms with Crippen LogP contribution in [0.2, 0.25) is 0 Å². The summed E-state index contributed by atoms with van der Waals surface area (Å²) in [5.74, 6) is -2.49. The van der Waals surface area contributed by atoms with Crippen molar-refractivity contribution in [1.82, 2.24) is 24.6 Å². The fourth-order valence-electron chi connectivity index (χ4n) is 3.41. The number of ether oxygens (including phenoxy) is 1. The smallest absolute Gasteiger partial charge is 0.244 e. The minimum Gasteiger partial charge on any atom is -0.377 e. The second-order valence-electron chi connectivity index (χ2n) is 7.53. The van der Waals surface area contributed by atoms with E-state index in [2.05, 4.69) is 25.7 Å². The molecule has 3 aromatic rings. The van der Waals surface area contributed by atoms with Crippen LogP contribution in [0.4, 0.5) is 30.6 Å². The van der Waals surface area contributed by atoms with Crippen LogP contribution < -0.4 is 10.6 Å². The van der Waals surface area contributed by atoms with E-state index >= 15 is 0 Å². The van der Waals surface area contributed by atoms with E-state index in [1.165, 1.54) is 23.1 Å². The molecule has 0 spiro atoms. The molecule has 1 atom stereocenters. The monoisotopic (exact) mass is 461 g/mol. The SMILES string of the molecule is CC1COCCN1C(=O)Cn1cc(Nc2nccc(NCc3c(F)cc(F)cc3F)n2)cn1. The summed E-state index contributed by atoms with van der Waals surface area (Å²) in [6.45, 7) is 3.37. The summed E-state index contributed by atoms with van der Waals surface area (Å²) < 4.78 is 47.5. The number of amides is 1. The zero-order valence-electron chi connectivity index (χ0n) is 17.8. The lowest BCUT2D eigenvalue weighted by atomic mass is 10.2. The summed E-state index contributed by atoms with van der Waals surface area (Å²) in [5, 5.41) is 9.94. The van der Waals surface area contributed by atoms with E-state index in [-0.39, 0.29) is 36.6 Å². The zero-order chi connectivity index (χ0) is 23.4. The van der Waals surface area contributed by atoms with Crippen molar-refractivity contribution in [3.8, 4) is 0 Å². The molecule has 2 aromatic heterocycles. The lowest BCUT2D eigenvalue weighted by Gasteiger charge is -2.33. The third kappa shape index (κ3) is 5.58. The third-order valence-electron chi connectivity index (χ3n) is 5.08. The Balaban J connectivity index is 1.36. The lowest BCUT2D eigenvalue weighted by Crippen LogP contribution is -2.48. The van der Waals surface area contributed by atoms with Crippen LogP contribution in [0.5, 0.6) is 0 Å². The van der Waals surface area contributed by atoms with Crippen molar-refractivity contribution in [2.75, 3.05) is 30.4 Å². The van der Waals surface area contributed by atoms with E-state index in [4.69, 9.17) is 4.74 Å². The molecule has 0 bridgehead atoms. The van der Waals surface area contributed by atoms with E-state index in [0.29, 0.717) is 43.4 Å². The fraction of sp³-hybridized carbons (Fsp3) is 0.333. The fourth-order valence-corrected chi connectivity index (χ4v) is 3.41. The Labute approximate surface area is 187 Å². The first-order chi connectivity index (χ1) is 15.9. The summed E-state index contributed by atoms with van der Waals surface area (Å²) in [6.07, 6.45) is 4.64. The van der Waals surface area contributed by atoms with E-state index in [0.717, 1.165) is 0 Å². The Morgan fingerprint density at radius 2 is 2.06 bits per heavy atom. The minimum absolute atomic E-state index is 0.0138. The van der Waals surface area contributed by atoms with Gasteiger partial charge in [0.1, 0.15) is 29.8 Å². The van der Waals surface area contributed by atoms with Crippen LogP contribution in [0.15, 0.2) is 36.8 Å². The average Bonchev–Trinajstić information content (AvgIpc) is 3.20. The van der Waals surface area contributed by atoms with Gasteiger partial charge in [0.05, 0.1) is 31.1 Å². The Morgan fingerprint density at radius 3 is 2.82 bits per heavy atom. The van der Waals surface area contributed by atoms with Gasteiger partial charge in [-0.05, 0) is 13.0 Å². The zero-order valence-corrected chi connectivity index (χ0v) is 17.8. The first-order valence-corrected chi connectivity index (χ1v) is 10.3. The maximum absolute atomic E-state index is 13.8. The van der Waals surface area contributed by atoms with Gasteiger partial charge in [-0.3, -0.25) is 9.48 Å². The molecular weight excluding hydrogens is 439 g/mol. The van der Waals surface area contributed by atoms with Gasteiger partial charge in [-0.25, -0.2) is 18.2 Å². The van der Waals surface area contributed by atoms with Crippen LogP contribution in [-0.4, -0.2) is 56.4 Å². The molecule has 0 radical (unpaired) electrons. The molecule has 9 nitrogen and oxygen atoms in total. The highest BCUT2D eigenvalue weighted by molar-refractivity contribution is 5.76. The number of rotatable bonds is 7. The highest BCUT2D eigenvalue weighted by atomic mass is 19.1. The van der Waals surface area contributed by atoms with Crippen molar-refractivity contribution >= 4 is 23.4 Å². The van der Waals surface area contributed by atoms with Gasteiger partial charge in [0.15, 0.2) is 0 Å². The number of aromatic nitrogens is 4. The first-order valence-electron chi connectivity index (χ1n) is 10.3. The van der Waals surface area contributed by atoms with Crippen LogP contribution in [-0.2, 0) is 22.6 Å². The number of benzene rings is 1. The van der Waals surface area contributed by atoms with Crippen molar-refractivity contribution in [2.45, 2.75) is 26.1 Å². The van der Waals surface area contributed by atoms with Crippen molar-refractivity contribution in [1.29, 1.82) is 0 Å². The molecule has 0 saturated carbocycles. The molecule has 1 saturated heterocycles. The predicted molar refractivity (Wildman–Crippen MR) is 113 cm³/mol. The third-order valence-corrected chi connectivity index (χ3v) is 5.08. The topological polar surface area (TPSA) is 97.2 Å². The van der Waals surface area contributed by atoms with E-state index in [1.807, 2.05) is 6.92 Å². The summed E-state index contributed by atoms with van der Waals surface area (Å²) in [7, 11) is 0. The van der Waals surface area contributed by atoms with Crippen molar-refractivity contribution < 1.29 is 22.7 Å². The molecule has 0 aliphatic carbocycles. The number of nitrogens with one attached hydrogen (secondary N) is 2. The largest absolute Gasteiger partial charge is 0.377 e. The molecule has 1 amide bonds. The minimum atomic E-state index is -0.985. The second kappa shape index (κ2) is 9.86. The molecule has 1 aromatic carbocycles. The number of morpholine rings is 1. The molecule has 2 N–H and O–H groups in total. The number of hydrogen-bond acceptors (Lipinski definition) is 7. The highest BCUT2D eigenvalue weighted by Crippen LogP contribution is 2.18. The number of nitrogens with zero attached hydrogens (tertiary/aromatic N) is 5. The molecule has 1 aliphatic heterocycles. The van der Waals surface area contributed by atoms with E-state index < -0.39 is 17.5 Å². The Bertz CT molecular complexity index is 1120. The summed E-state index contributed by atoms with van der Waals surface area (Å²) in [4.78, 5) is 22.6. The Hall–Kier alpha value is -3.67. The normalized spacial score (nSPS) is 16.0. The second-order valence-corrected chi connectivity index (χ2v) is 7.53. The number of anilines is 3. The van der Waals surface area contributed by atoms with Gasteiger partial charge in [0.25, 0.3) is 0 Å².